The molecule has 0 fully saturated rings. The molecule has 0 spiro atoms. The molecule has 7 heteroatoms. The van der Waals surface area contributed by atoms with Gasteiger partial charge in [-0.15, -0.1) is 0 Å². The molecule has 27 heavy (non-hydrogen) atoms. The molecule has 0 radical (unpaired) electrons. The Morgan fingerprint density at radius 3 is 1.96 bits per heavy atom. The molecule has 0 unspecified atom stereocenters. The van der Waals surface area contributed by atoms with Crippen LogP contribution in [0.15, 0.2) is 12.1 Å². The van der Waals surface area contributed by atoms with Gasteiger partial charge in [0.25, 0.3) is 0 Å². The summed E-state index contributed by atoms with van der Waals surface area (Å²) in [6.45, 7) is 12.8. The average molecular weight is 380 g/mol. The molecule has 0 bridgehead atoms. The Morgan fingerprint density at radius 2 is 1.59 bits per heavy atom. The van der Waals surface area contributed by atoms with Crippen molar-refractivity contribution in [1.29, 1.82) is 0 Å². The lowest BCUT2D eigenvalue weighted by Crippen LogP contribution is -2.45. The van der Waals surface area contributed by atoms with E-state index in [-0.39, 0.29) is 6.42 Å². The summed E-state index contributed by atoms with van der Waals surface area (Å²) >= 11 is 0. The molecular weight excluding hydrogens is 348 g/mol. The SMILES string of the molecule is CC.COC(=O)[C@H](Cc1c(C)cc(C(N)=O)cc1C)NC(=O)OC(C)(C)C. The van der Waals surface area contributed by atoms with E-state index >= 15 is 0 Å². The maximum Gasteiger partial charge on any atom is 0.408 e. The zero-order valence-corrected chi connectivity index (χ0v) is 17.6. The maximum atomic E-state index is 12.0. The summed E-state index contributed by atoms with van der Waals surface area (Å²) in [5, 5.41) is 2.54. The number of nitrogens with one attached hydrogen (secondary N) is 1. The number of primary amides is 1. The van der Waals surface area contributed by atoms with E-state index in [2.05, 4.69) is 5.32 Å². The molecule has 0 aliphatic heterocycles. The van der Waals surface area contributed by atoms with E-state index in [9.17, 15) is 14.4 Å². The average Bonchev–Trinajstić information content (AvgIpc) is 2.56. The minimum atomic E-state index is -0.906. The summed E-state index contributed by atoms with van der Waals surface area (Å²) in [4.78, 5) is 35.4. The molecule has 0 saturated carbocycles. The number of carbonyl (C=O) groups excluding carboxylic acids is 3. The third-order valence-corrected chi connectivity index (χ3v) is 3.57. The quantitative estimate of drug-likeness (QED) is 0.763. The smallest absolute Gasteiger partial charge is 0.408 e. The van der Waals surface area contributed by atoms with Gasteiger partial charge in [0.15, 0.2) is 0 Å². The van der Waals surface area contributed by atoms with Crippen LogP contribution in [-0.2, 0) is 20.7 Å². The van der Waals surface area contributed by atoms with Crippen LogP contribution < -0.4 is 11.1 Å². The first-order valence-electron chi connectivity index (χ1n) is 8.92. The number of methoxy groups -OCH3 is 1. The van der Waals surface area contributed by atoms with Gasteiger partial charge in [0.05, 0.1) is 7.11 Å². The first-order chi connectivity index (χ1) is 12.4. The second-order valence-corrected chi connectivity index (χ2v) is 6.88. The number of amides is 2. The van der Waals surface area contributed by atoms with Gasteiger partial charge in [0.1, 0.15) is 11.6 Å². The van der Waals surface area contributed by atoms with Gasteiger partial charge in [0, 0.05) is 12.0 Å². The van der Waals surface area contributed by atoms with E-state index < -0.39 is 29.6 Å². The monoisotopic (exact) mass is 380 g/mol. The summed E-state index contributed by atoms with van der Waals surface area (Å²) in [7, 11) is 1.25. The Morgan fingerprint density at radius 1 is 1.11 bits per heavy atom. The van der Waals surface area contributed by atoms with E-state index in [1.165, 1.54) is 7.11 Å². The lowest BCUT2D eigenvalue weighted by Gasteiger charge is -2.23. The molecule has 0 aliphatic carbocycles. The van der Waals surface area contributed by atoms with Crippen LogP contribution in [0.1, 0.15) is 61.7 Å². The molecule has 0 saturated heterocycles. The van der Waals surface area contributed by atoms with Crippen LogP contribution in [0.2, 0.25) is 0 Å². The largest absolute Gasteiger partial charge is 0.467 e. The van der Waals surface area contributed by atoms with Gasteiger partial charge in [0.2, 0.25) is 5.91 Å². The Labute approximate surface area is 161 Å². The molecule has 152 valence electrons. The lowest BCUT2D eigenvalue weighted by atomic mass is 9.94. The Hall–Kier alpha value is -2.57. The highest BCUT2D eigenvalue weighted by Crippen LogP contribution is 2.19. The van der Waals surface area contributed by atoms with Crippen molar-refractivity contribution < 1.29 is 23.9 Å². The highest BCUT2D eigenvalue weighted by molar-refractivity contribution is 5.93. The number of alkyl carbamates (subject to hydrolysis) is 1. The maximum absolute atomic E-state index is 12.0. The highest BCUT2D eigenvalue weighted by Gasteiger charge is 2.26. The molecule has 7 nitrogen and oxygen atoms in total. The Kier molecular flexibility index (Phi) is 9.54. The topological polar surface area (TPSA) is 108 Å². The van der Waals surface area contributed by atoms with Gasteiger partial charge in [-0.05, 0) is 63.4 Å². The normalized spacial score (nSPS) is 11.6. The molecule has 0 aromatic heterocycles. The fourth-order valence-corrected chi connectivity index (χ4v) is 2.45. The molecule has 3 N–H and O–H groups in total. The van der Waals surface area contributed by atoms with Crippen molar-refractivity contribution in [2.24, 2.45) is 5.73 Å². The minimum Gasteiger partial charge on any atom is -0.467 e. The number of carbonyl (C=O) groups is 3. The van der Waals surface area contributed by atoms with Crippen molar-refractivity contribution in [3.05, 3.63) is 34.4 Å². The van der Waals surface area contributed by atoms with E-state index in [0.29, 0.717) is 5.56 Å². The molecule has 1 atom stereocenters. The van der Waals surface area contributed by atoms with Gasteiger partial charge < -0.3 is 20.5 Å². The lowest BCUT2D eigenvalue weighted by molar-refractivity contribution is -0.143. The third-order valence-electron chi connectivity index (χ3n) is 3.57. The number of nitrogens with two attached hydrogens (primary N) is 1. The van der Waals surface area contributed by atoms with Gasteiger partial charge in [-0.2, -0.15) is 0 Å². The molecule has 0 heterocycles. The minimum absolute atomic E-state index is 0.211. The number of ether oxygens (including phenoxy) is 2. The fourth-order valence-electron chi connectivity index (χ4n) is 2.45. The highest BCUT2D eigenvalue weighted by atomic mass is 16.6. The summed E-state index contributed by atoms with van der Waals surface area (Å²) < 4.78 is 9.97. The van der Waals surface area contributed by atoms with Crippen LogP contribution >= 0.6 is 0 Å². The molecule has 1 aromatic rings. The van der Waals surface area contributed by atoms with Gasteiger partial charge in [-0.3, -0.25) is 4.79 Å². The Bertz CT molecular complexity index is 654. The molecule has 1 aromatic carbocycles. The van der Waals surface area contributed by atoms with Crippen LogP contribution in [-0.4, -0.2) is 36.7 Å². The predicted octanol–water partition coefficient (Wildman–Crippen LogP) is 3.04. The predicted molar refractivity (Wildman–Crippen MR) is 105 cm³/mol. The van der Waals surface area contributed by atoms with E-state index in [1.807, 2.05) is 27.7 Å². The molecular formula is C20H32N2O5. The Balaban J connectivity index is 0.00000326. The summed E-state index contributed by atoms with van der Waals surface area (Å²) in [5.74, 6) is -1.10. The van der Waals surface area contributed by atoms with Crippen LogP contribution in [0.3, 0.4) is 0 Å². The van der Waals surface area contributed by atoms with Crippen molar-refractivity contribution in [3.63, 3.8) is 0 Å². The van der Waals surface area contributed by atoms with Crippen LogP contribution in [0.25, 0.3) is 0 Å². The van der Waals surface area contributed by atoms with Crippen LogP contribution in [0.4, 0.5) is 4.79 Å². The van der Waals surface area contributed by atoms with Crippen molar-refractivity contribution in [1.82, 2.24) is 5.32 Å². The number of benzene rings is 1. The van der Waals surface area contributed by atoms with E-state index in [0.717, 1.165) is 16.7 Å². The zero-order chi connectivity index (χ0) is 21.4. The van der Waals surface area contributed by atoms with Crippen molar-refractivity contribution in [3.8, 4) is 0 Å². The standard InChI is InChI=1S/C18H26N2O5.C2H6/c1-10-7-12(15(19)21)8-11(2)13(10)9-14(16(22)24-6)20-17(23)25-18(3,4)5;1-2/h7-8,14H,9H2,1-6H3,(H2,19,21)(H,20,23);1-2H3/t14-;/m0./s1. The van der Waals surface area contributed by atoms with E-state index in [4.69, 9.17) is 15.2 Å². The number of hydrogen-bond donors (Lipinski definition) is 2. The van der Waals surface area contributed by atoms with Crippen molar-refractivity contribution in [2.75, 3.05) is 7.11 Å². The second kappa shape index (κ2) is 10.5. The summed E-state index contributed by atoms with van der Waals surface area (Å²) in [5.41, 5.74) is 7.46. The third kappa shape index (κ3) is 8.11. The van der Waals surface area contributed by atoms with E-state index in [1.54, 1.807) is 32.9 Å². The molecule has 1 rings (SSSR count). The first kappa shape index (κ1) is 24.4. The van der Waals surface area contributed by atoms with Gasteiger partial charge >= 0.3 is 12.1 Å². The number of aryl methyl sites for hydroxylation is 2. The number of hydrogen-bond acceptors (Lipinski definition) is 5. The zero-order valence-electron chi connectivity index (χ0n) is 17.6. The summed E-state index contributed by atoms with van der Waals surface area (Å²) in [6.07, 6.45) is -0.491. The molecule has 2 amide bonds. The van der Waals surface area contributed by atoms with Crippen LogP contribution in [0.5, 0.6) is 0 Å². The van der Waals surface area contributed by atoms with Gasteiger partial charge in [-0.25, -0.2) is 9.59 Å². The molecule has 0 aliphatic rings. The second-order valence-electron chi connectivity index (χ2n) is 6.88. The van der Waals surface area contributed by atoms with Gasteiger partial charge in [-0.1, -0.05) is 13.8 Å². The number of rotatable bonds is 5. The van der Waals surface area contributed by atoms with Crippen molar-refractivity contribution in [2.45, 2.75) is 66.5 Å². The fraction of sp³-hybridized carbons (Fsp3) is 0.550. The number of esters is 1. The van der Waals surface area contributed by atoms with Crippen LogP contribution in [0, 0.1) is 13.8 Å². The van der Waals surface area contributed by atoms with Crippen molar-refractivity contribution >= 4 is 18.0 Å². The first-order valence-corrected chi connectivity index (χ1v) is 8.92. The summed E-state index contributed by atoms with van der Waals surface area (Å²) in [6, 6.07) is 2.41.